The number of aryl methyl sites for hydroxylation is 1. The van der Waals surface area contributed by atoms with Gasteiger partial charge >= 0.3 is 6.18 Å². The van der Waals surface area contributed by atoms with Crippen molar-refractivity contribution in [3.8, 4) is 17.0 Å². The van der Waals surface area contributed by atoms with Gasteiger partial charge in [0.05, 0.1) is 12.8 Å². The van der Waals surface area contributed by atoms with Crippen LogP contribution in [0.4, 0.5) is 13.2 Å². The van der Waals surface area contributed by atoms with Gasteiger partial charge in [-0.25, -0.2) is 9.50 Å². The van der Waals surface area contributed by atoms with Gasteiger partial charge in [0.2, 0.25) is 0 Å². The lowest BCUT2D eigenvalue weighted by atomic mass is 10.1. The molecule has 172 valence electrons. The number of rotatable bonds is 7. The van der Waals surface area contributed by atoms with Gasteiger partial charge in [-0.05, 0) is 30.7 Å². The summed E-state index contributed by atoms with van der Waals surface area (Å²) in [5.41, 5.74) is -1.31. The van der Waals surface area contributed by atoms with E-state index in [2.05, 4.69) is 20.5 Å². The first-order valence-electron chi connectivity index (χ1n) is 9.84. The van der Waals surface area contributed by atoms with Crippen LogP contribution in [0.1, 0.15) is 22.6 Å². The van der Waals surface area contributed by atoms with E-state index in [9.17, 15) is 18.0 Å². The minimum absolute atomic E-state index is 0.0155. The number of halogens is 4. The van der Waals surface area contributed by atoms with Gasteiger partial charge in [-0.1, -0.05) is 23.7 Å². The van der Waals surface area contributed by atoms with E-state index in [1.807, 2.05) is 0 Å². The summed E-state index contributed by atoms with van der Waals surface area (Å²) in [7, 11) is 1.45. The summed E-state index contributed by atoms with van der Waals surface area (Å²) < 4.78 is 48.8. The van der Waals surface area contributed by atoms with Gasteiger partial charge in [0.15, 0.2) is 17.0 Å². The number of ether oxygens (including phenoxy) is 1. The van der Waals surface area contributed by atoms with Gasteiger partial charge in [0.1, 0.15) is 10.8 Å². The molecule has 0 spiro atoms. The van der Waals surface area contributed by atoms with Crippen molar-refractivity contribution < 1.29 is 22.7 Å². The fraction of sp³-hybridized carbons (Fsp3) is 0.238. The number of carbonyl (C=O) groups is 1. The molecule has 8 nitrogen and oxygen atoms in total. The number of fused-ring (bicyclic) bond motifs is 1. The van der Waals surface area contributed by atoms with E-state index in [1.165, 1.54) is 7.11 Å². The highest BCUT2D eigenvalue weighted by Gasteiger charge is 2.36. The van der Waals surface area contributed by atoms with E-state index in [0.29, 0.717) is 28.8 Å². The van der Waals surface area contributed by atoms with E-state index in [1.54, 1.807) is 47.4 Å². The zero-order valence-corrected chi connectivity index (χ0v) is 18.1. The number of alkyl halides is 3. The number of hydrogen-bond acceptors (Lipinski definition) is 5. The fourth-order valence-electron chi connectivity index (χ4n) is 3.23. The van der Waals surface area contributed by atoms with Crippen molar-refractivity contribution in [2.45, 2.75) is 19.1 Å². The Morgan fingerprint density at radius 3 is 2.76 bits per heavy atom. The fourth-order valence-corrected chi connectivity index (χ4v) is 3.47. The number of benzene rings is 1. The third-order valence-corrected chi connectivity index (χ3v) is 5.16. The number of aromatic nitrogens is 5. The standard InChI is InChI=1S/C21H18ClF3N6O2/c1-33-14-6-2-5-13(11-14)15-12-16(21(23,24)25)31-19(28-15)17(22)18(29-31)20(32)26-7-3-9-30-10-4-8-27-30/h2,4-6,8,10-12H,3,7,9H2,1H3,(H,26,32). The smallest absolute Gasteiger partial charge is 0.433 e. The first-order valence-corrected chi connectivity index (χ1v) is 10.2. The second-order valence-corrected chi connectivity index (χ2v) is 7.41. The third kappa shape index (κ3) is 4.77. The largest absolute Gasteiger partial charge is 0.497 e. The summed E-state index contributed by atoms with van der Waals surface area (Å²) in [6, 6.07) is 9.08. The molecule has 4 aromatic rings. The predicted octanol–water partition coefficient (Wildman–Crippen LogP) is 4.09. The molecule has 0 unspecified atom stereocenters. The molecule has 3 aromatic heterocycles. The maximum absolute atomic E-state index is 13.8. The highest BCUT2D eigenvalue weighted by atomic mass is 35.5. The normalized spacial score (nSPS) is 11.7. The predicted molar refractivity (Wildman–Crippen MR) is 114 cm³/mol. The lowest BCUT2D eigenvalue weighted by Crippen LogP contribution is -2.26. The van der Waals surface area contributed by atoms with Crippen molar-refractivity contribution in [1.29, 1.82) is 0 Å². The summed E-state index contributed by atoms with van der Waals surface area (Å²) in [5, 5.41) is 10.2. The molecule has 0 saturated heterocycles. The molecule has 0 aliphatic heterocycles. The Balaban J connectivity index is 1.66. The molecule has 0 fully saturated rings. The Bertz CT molecular complexity index is 1290. The molecule has 1 amide bonds. The van der Waals surface area contributed by atoms with Gasteiger partial charge < -0.3 is 10.1 Å². The Labute approximate surface area is 190 Å². The van der Waals surface area contributed by atoms with Crippen LogP contribution >= 0.6 is 11.6 Å². The van der Waals surface area contributed by atoms with Gasteiger partial charge in [-0.2, -0.15) is 23.4 Å². The molecule has 0 bridgehead atoms. The summed E-state index contributed by atoms with van der Waals surface area (Å²) in [5.74, 6) is -0.237. The van der Waals surface area contributed by atoms with Crippen LogP contribution < -0.4 is 10.1 Å². The molecule has 4 rings (SSSR count). The molecule has 0 radical (unpaired) electrons. The second-order valence-electron chi connectivity index (χ2n) is 7.03. The van der Waals surface area contributed by atoms with Crippen LogP contribution in [0.5, 0.6) is 5.75 Å². The Kier molecular flexibility index (Phi) is 6.23. The molecule has 1 aromatic carbocycles. The van der Waals surface area contributed by atoms with E-state index in [0.717, 1.165) is 6.07 Å². The number of methoxy groups -OCH3 is 1. The summed E-state index contributed by atoms with van der Waals surface area (Å²) >= 11 is 6.27. The topological polar surface area (TPSA) is 86.3 Å². The van der Waals surface area contributed by atoms with Crippen LogP contribution in [0, 0.1) is 0 Å². The molecular weight excluding hydrogens is 461 g/mol. The maximum Gasteiger partial charge on any atom is 0.433 e. The number of nitrogens with zero attached hydrogens (tertiary/aromatic N) is 5. The lowest BCUT2D eigenvalue weighted by molar-refractivity contribution is -0.142. The van der Waals surface area contributed by atoms with Gasteiger partial charge in [-0.15, -0.1) is 0 Å². The first kappa shape index (κ1) is 22.6. The van der Waals surface area contributed by atoms with Crippen molar-refractivity contribution in [2.75, 3.05) is 13.7 Å². The van der Waals surface area contributed by atoms with Gasteiger partial charge in [0.25, 0.3) is 5.91 Å². The van der Waals surface area contributed by atoms with Gasteiger partial charge in [0, 0.05) is 31.0 Å². The first-order chi connectivity index (χ1) is 15.8. The minimum atomic E-state index is -4.76. The van der Waals surface area contributed by atoms with Crippen molar-refractivity contribution in [2.24, 2.45) is 0 Å². The Morgan fingerprint density at radius 2 is 2.06 bits per heavy atom. The monoisotopic (exact) mass is 478 g/mol. The zero-order chi connectivity index (χ0) is 23.6. The molecule has 0 aliphatic carbocycles. The molecule has 0 saturated carbocycles. The maximum atomic E-state index is 13.8. The Morgan fingerprint density at radius 1 is 1.24 bits per heavy atom. The average molecular weight is 479 g/mol. The van der Waals surface area contributed by atoms with Crippen molar-refractivity contribution >= 4 is 23.2 Å². The van der Waals surface area contributed by atoms with Crippen LogP contribution in [0.25, 0.3) is 16.9 Å². The van der Waals surface area contributed by atoms with Crippen LogP contribution in [0.2, 0.25) is 5.02 Å². The molecule has 1 N–H and O–H groups in total. The molecule has 33 heavy (non-hydrogen) atoms. The number of amides is 1. The third-order valence-electron chi connectivity index (χ3n) is 4.81. The summed E-state index contributed by atoms with van der Waals surface area (Å²) in [6.07, 6.45) is -0.781. The lowest BCUT2D eigenvalue weighted by Gasteiger charge is -2.11. The molecule has 0 atom stereocenters. The van der Waals surface area contributed by atoms with Crippen LogP contribution in [0.15, 0.2) is 48.8 Å². The molecule has 0 aliphatic rings. The number of carbonyl (C=O) groups excluding carboxylic acids is 1. The van der Waals surface area contributed by atoms with Crippen LogP contribution in [-0.2, 0) is 12.7 Å². The SMILES string of the molecule is COc1cccc(-c2cc(C(F)(F)F)n3nc(C(=O)NCCCn4cccn4)c(Cl)c3n2)c1. The van der Waals surface area contributed by atoms with Crippen LogP contribution in [0.3, 0.4) is 0 Å². The Hall–Kier alpha value is -3.60. The van der Waals surface area contributed by atoms with E-state index < -0.39 is 17.8 Å². The molecule has 3 heterocycles. The highest BCUT2D eigenvalue weighted by Crippen LogP contribution is 2.35. The summed E-state index contributed by atoms with van der Waals surface area (Å²) in [6.45, 7) is 0.827. The highest BCUT2D eigenvalue weighted by molar-refractivity contribution is 6.36. The number of hydrogen-bond donors (Lipinski definition) is 1. The molecular formula is C21H18ClF3N6O2. The van der Waals surface area contributed by atoms with E-state index >= 15 is 0 Å². The van der Waals surface area contributed by atoms with E-state index in [-0.39, 0.29) is 28.6 Å². The van der Waals surface area contributed by atoms with Gasteiger partial charge in [-0.3, -0.25) is 9.48 Å². The van der Waals surface area contributed by atoms with Crippen LogP contribution in [-0.4, -0.2) is 43.9 Å². The average Bonchev–Trinajstić information content (AvgIpc) is 3.43. The zero-order valence-electron chi connectivity index (χ0n) is 17.3. The quantitative estimate of drug-likeness (QED) is 0.404. The molecule has 12 heteroatoms. The van der Waals surface area contributed by atoms with Crippen molar-refractivity contribution in [3.63, 3.8) is 0 Å². The summed E-state index contributed by atoms with van der Waals surface area (Å²) in [4.78, 5) is 16.8. The van der Waals surface area contributed by atoms with Crippen molar-refractivity contribution in [3.05, 3.63) is 65.2 Å². The van der Waals surface area contributed by atoms with Crippen molar-refractivity contribution in [1.82, 2.24) is 29.7 Å². The van der Waals surface area contributed by atoms with E-state index in [4.69, 9.17) is 16.3 Å². The second kappa shape index (κ2) is 9.10. The minimum Gasteiger partial charge on any atom is -0.497 e. The number of nitrogens with one attached hydrogen (secondary N) is 1.